The first-order chi connectivity index (χ1) is 19.5. The van der Waals surface area contributed by atoms with Gasteiger partial charge in [-0.25, -0.2) is 0 Å². The third-order valence-corrected chi connectivity index (χ3v) is 8.93. The minimum atomic E-state index is -0.194. The van der Waals surface area contributed by atoms with Gasteiger partial charge in [-0.3, -0.25) is 9.59 Å². The molecule has 11 heteroatoms. The molecule has 40 heavy (non-hydrogen) atoms. The van der Waals surface area contributed by atoms with Gasteiger partial charge in [0, 0.05) is 11.8 Å². The van der Waals surface area contributed by atoms with Crippen LogP contribution in [0.2, 0.25) is 0 Å². The monoisotopic (exact) mass is 571 g/mol. The maximum Gasteiger partial charge on any atom is 0.230 e. The first kappa shape index (κ1) is 27.6. The van der Waals surface area contributed by atoms with E-state index in [4.69, 9.17) is 5.26 Å². The zero-order chi connectivity index (χ0) is 27.9. The van der Waals surface area contributed by atoms with Crippen molar-refractivity contribution in [2.45, 2.75) is 63.7 Å². The molecule has 1 aliphatic carbocycles. The van der Waals surface area contributed by atoms with Crippen LogP contribution in [0.1, 0.15) is 76.7 Å². The van der Waals surface area contributed by atoms with Crippen LogP contribution in [0.3, 0.4) is 0 Å². The molecule has 2 heterocycles. The van der Waals surface area contributed by atoms with Crippen LogP contribution >= 0.6 is 22.7 Å². The van der Waals surface area contributed by atoms with E-state index in [0.29, 0.717) is 22.2 Å². The summed E-state index contributed by atoms with van der Waals surface area (Å²) in [4.78, 5) is 25.1. The number of hydrogen-bond acceptors (Lipinski definition) is 9. The smallest absolute Gasteiger partial charge is 0.230 e. The van der Waals surface area contributed by atoms with Crippen molar-refractivity contribution in [1.82, 2.24) is 20.4 Å². The third-order valence-electron chi connectivity index (χ3n) is 6.93. The van der Waals surface area contributed by atoms with Crippen LogP contribution in [0.15, 0.2) is 48.5 Å². The minimum Gasteiger partial charge on any atom is -0.300 e. The maximum atomic E-state index is 12.6. The zero-order valence-corrected chi connectivity index (χ0v) is 23.7. The number of nitriles is 1. The summed E-state index contributed by atoms with van der Waals surface area (Å²) < 4.78 is 0. The van der Waals surface area contributed by atoms with Crippen molar-refractivity contribution in [2.75, 3.05) is 10.6 Å². The highest BCUT2D eigenvalue weighted by Crippen LogP contribution is 2.43. The van der Waals surface area contributed by atoms with Gasteiger partial charge in [-0.15, -0.1) is 20.4 Å². The average molecular weight is 572 g/mol. The zero-order valence-electron chi connectivity index (χ0n) is 22.1. The van der Waals surface area contributed by atoms with Gasteiger partial charge in [0.1, 0.15) is 10.0 Å². The summed E-state index contributed by atoms with van der Waals surface area (Å²) in [5.74, 6) is 0.166. The van der Waals surface area contributed by atoms with Crippen molar-refractivity contribution in [2.24, 2.45) is 0 Å². The van der Waals surface area contributed by atoms with Crippen LogP contribution < -0.4 is 10.6 Å². The van der Waals surface area contributed by atoms with Gasteiger partial charge >= 0.3 is 0 Å². The highest BCUT2D eigenvalue weighted by molar-refractivity contribution is 7.15. The Kier molecular flexibility index (Phi) is 8.88. The van der Waals surface area contributed by atoms with E-state index < -0.39 is 0 Å². The van der Waals surface area contributed by atoms with Gasteiger partial charge in [0.2, 0.25) is 22.1 Å². The predicted octanol–water partition coefficient (Wildman–Crippen LogP) is 5.63. The number of carbonyl (C=O) groups excluding carboxylic acids is 2. The van der Waals surface area contributed by atoms with Crippen LogP contribution in [0.4, 0.5) is 10.3 Å². The van der Waals surface area contributed by atoms with E-state index in [0.717, 1.165) is 53.2 Å². The average Bonchev–Trinajstić information content (AvgIpc) is 3.63. The van der Waals surface area contributed by atoms with E-state index in [-0.39, 0.29) is 30.1 Å². The number of nitrogens with zero attached hydrogens (tertiary/aromatic N) is 5. The Bertz CT molecular complexity index is 1540. The number of aromatic nitrogens is 4. The second-order valence-electron chi connectivity index (χ2n) is 9.89. The van der Waals surface area contributed by atoms with Crippen molar-refractivity contribution in [1.29, 1.82) is 5.26 Å². The Morgan fingerprint density at radius 2 is 1.40 bits per heavy atom. The summed E-state index contributed by atoms with van der Waals surface area (Å²) in [7, 11) is 0. The first-order valence-electron chi connectivity index (χ1n) is 13.3. The van der Waals surface area contributed by atoms with Crippen LogP contribution in [0, 0.1) is 11.3 Å². The van der Waals surface area contributed by atoms with Gasteiger partial charge in [-0.2, -0.15) is 5.26 Å². The van der Waals surface area contributed by atoms with Crippen molar-refractivity contribution >= 4 is 44.8 Å². The van der Waals surface area contributed by atoms with E-state index in [1.165, 1.54) is 28.2 Å². The Morgan fingerprint density at radius 1 is 0.850 bits per heavy atom. The summed E-state index contributed by atoms with van der Waals surface area (Å²) in [5, 5.41) is 34.8. The van der Waals surface area contributed by atoms with Gasteiger partial charge < -0.3 is 10.6 Å². The van der Waals surface area contributed by atoms with Crippen LogP contribution in [-0.4, -0.2) is 32.2 Å². The van der Waals surface area contributed by atoms with E-state index >= 15 is 0 Å². The molecule has 0 bridgehead atoms. The standard InChI is InChI=1S/C29H29N7O2S2/c1-2-18-6-3-7-19(12-18)14-24(37)31-28-35-33-26(39-28)22-10-5-11-23(16-22)27-34-36-29(40-27)32-25(38)15-20-8-4-9-21(13-20)17-30/h3-4,6-9,12-13,22-23H,2,5,10-11,14-16H2,1H3,(H,31,35,37)(H,32,36,38)/t22-,23-/m0/s1. The van der Waals surface area contributed by atoms with Crippen LogP contribution in [0.5, 0.6) is 0 Å². The molecule has 1 fully saturated rings. The number of aryl methyl sites for hydroxylation is 1. The second-order valence-corrected chi connectivity index (χ2v) is 11.9. The summed E-state index contributed by atoms with van der Waals surface area (Å²) in [6.07, 6.45) is 5.31. The molecule has 2 aromatic carbocycles. The molecular weight excluding hydrogens is 543 g/mol. The summed E-state index contributed by atoms with van der Waals surface area (Å²) in [6, 6.07) is 17.2. The second kappa shape index (κ2) is 12.9. The van der Waals surface area contributed by atoms with E-state index in [1.54, 1.807) is 18.2 Å². The van der Waals surface area contributed by atoms with E-state index in [1.807, 2.05) is 18.2 Å². The van der Waals surface area contributed by atoms with Crippen LogP contribution in [-0.2, 0) is 28.9 Å². The van der Waals surface area contributed by atoms with Gasteiger partial charge in [-0.1, -0.05) is 72.4 Å². The molecule has 4 aromatic rings. The summed E-state index contributed by atoms with van der Waals surface area (Å²) in [6.45, 7) is 2.10. The van der Waals surface area contributed by atoms with Gasteiger partial charge in [0.25, 0.3) is 0 Å². The first-order valence-corrected chi connectivity index (χ1v) is 15.0. The quantitative estimate of drug-likeness (QED) is 0.266. The molecule has 1 saturated carbocycles. The number of nitrogens with one attached hydrogen (secondary N) is 2. The number of rotatable bonds is 9. The molecule has 0 aliphatic heterocycles. The lowest BCUT2D eigenvalue weighted by atomic mass is 9.82. The number of anilines is 2. The molecule has 1 aliphatic rings. The molecule has 0 spiro atoms. The lowest BCUT2D eigenvalue weighted by Crippen LogP contribution is -2.14. The normalized spacial score (nSPS) is 16.7. The molecule has 9 nitrogen and oxygen atoms in total. The fourth-order valence-electron chi connectivity index (χ4n) is 4.95. The summed E-state index contributed by atoms with van der Waals surface area (Å²) in [5.41, 5.74) is 3.49. The van der Waals surface area contributed by atoms with E-state index in [9.17, 15) is 9.59 Å². The minimum absolute atomic E-state index is 0.0984. The Morgan fingerprint density at radius 3 is 1.98 bits per heavy atom. The van der Waals surface area contributed by atoms with Gasteiger partial charge in [-0.05, 0) is 54.5 Å². The van der Waals surface area contributed by atoms with Crippen LogP contribution in [0.25, 0.3) is 0 Å². The third kappa shape index (κ3) is 7.14. The Hall–Kier alpha value is -4.01. The van der Waals surface area contributed by atoms with Crippen molar-refractivity contribution in [3.63, 3.8) is 0 Å². The topological polar surface area (TPSA) is 134 Å². The molecule has 2 atom stereocenters. The maximum absolute atomic E-state index is 12.6. The molecule has 2 amide bonds. The molecule has 2 N–H and O–H groups in total. The largest absolute Gasteiger partial charge is 0.300 e. The van der Waals surface area contributed by atoms with Crippen molar-refractivity contribution in [3.05, 3.63) is 80.8 Å². The Labute approximate surface area is 240 Å². The molecule has 5 rings (SSSR count). The van der Waals surface area contributed by atoms with Crippen molar-refractivity contribution in [3.8, 4) is 6.07 Å². The van der Waals surface area contributed by atoms with E-state index in [2.05, 4.69) is 56.2 Å². The lowest BCUT2D eigenvalue weighted by molar-refractivity contribution is -0.116. The molecule has 0 saturated heterocycles. The SMILES string of the molecule is CCc1cccc(CC(=O)Nc2nnc([C@H]3CCC[C@H](c4nnc(NC(=O)Cc5cccc(C#N)c5)s4)C3)s2)c1. The summed E-state index contributed by atoms with van der Waals surface area (Å²) >= 11 is 2.84. The molecule has 2 aromatic heterocycles. The highest BCUT2D eigenvalue weighted by atomic mass is 32.1. The number of hydrogen-bond donors (Lipinski definition) is 2. The van der Waals surface area contributed by atoms with Crippen molar-refractivity contribution < 1.29 is 9.59 Å². The number of amides is 2. The van der Waals surface area contributed by atoms with Gasteiger partial charge in [0.15, 0.2) is 0 Å². The fourth-order valence-corrected chi connectivity index (χ4v) is 6.76. The lowest BCUT2D eigenvalue weighted by Gasteiger charge is -2.25. The van der Waals surface area contributed by atoms with Gasteiger partial charge in [0.05, 0.1) is 24.5 Å². The Balaban J connectivity index is 1.15. The molecule has 0 unspecified atom stereocenters. The number of benzene rings is 2. The predicted molar refractivity (Wildman–Crippen MR) is 155 cm³/mol. The molecular formula is C29H29N7O2S2. The molecule has 204 valence electrons. The molecule has 0 radical (unpaired) electrons. The highest BCUT2D eigenvalue weighted by Gasteiger charge is 2.29. The number of carbonyl (C=O) groups is 2. The fraction of sp³-hybridized carbons (Fsp3) is 0.345.